The van der Waals surface area contributed by atoms with Gasteiger partial charge in [0.1, 0.15) is 6.10 Å². The summed E-state index contributed by atoms with van der Waals surface area (Å²) in [4.78, 5) is 24.2. The molecule has 2 N–H and O–H groups in total. The fraction of sp³-hybridized carbons (Fsp3) is 0.300. The molecule has 0 radical (unpaired) electrons. The second-order valence-electron chi connectivity index (χ2n) is 6.24. The first-order valence-corrected chi connectivity index (χ1v) is 8.48. The summed E-state index contributed by atoms with van der Waals surface area (Å²) in [5.74, 6) is -0.272. The van der Waals surface area contributed by atoms with Crippen LogP contribution in [-0.4, -0.2) is 24.5 Å². The van der Waals surface area contributed by atoms with Crippen LogP contribution in [0.4, 0.5) is 5.69 Å². The Bertz CT molecular complexity index is 733. The SMILES string of the molecule is Cc1ccc(CNC(=O)c2ccc(NC(=O)[C@H]3CCCO3)cc2)cc1. The van der Waals surface area contributed by atoms with Crippen LogP contribution >= 0.6 is 0 Å². The number of hydrogen-bond donors (Lipinski definition) is 2. The van der Waals surface area contributed by atoms with Crippen molar-refractivity contribution >= 4 is 17.5 Å². The molecule has 0 bridgehead atoms. The lowest BCUT2D eigenvalue weighted by molar-refractivity contribution is -0.124. The Hall–Kier alpha value is -2.66. The minimum absolute atomic E-state index is 0.130. The maximum Gasteiger partial charge on any atom is 0.253 e. The molecule has 0 saturated carbocycles. The Labute approximate surface area is 147 Å². The largest absolute Gasteiger partial charge is 0.368 e. The lowest BCUT2D eigenvalue weighted by Gasteiger charge is -2.11. The van der Waals surface area contributed by atoms with E-state index in [4.69, 9.17) is 4.74 Å². The van der Waals surface area contributed by atoms with E-state index in [1.165, 1.54) is 5.56 Å². The second kappa shape index (κ2) is 7.94. The predicted molar refractivity (Wildman–Crippen MR) is 96.4 cm³/mol. The fourth-order valence-electron chi connectivity index (χ4n) is 2.70. The van der Waals surface area contributed by atoms with Gasteiger partial charge in [0.15, 0.2) is 0 Å². The molecule has 1 atom stereocenters. The third kappa shape index (κ3) is 4.67. The highest BCUT2D eigenvalue weighted by Gasteiger charge is 2.23. The fourth-order valence-corrected chi connectivity index (χ4v) is 2.70. The van der Waals surface area contributed by atoms with E-state index in [0.29, 0.717) is 24.4 Å². The van der Waals surface area contributed by atoms with E-state index in [-0.39, 0.29) is 17.9 Å². The van der Waals surface area contributed by atoms with Crippen LogP contribution in [0.25, 0.3) is 0 Å². The molecule has 1 aliphatic heterocycles. The van der Waals surface area contributed by atoms with Gasteiger partial charge in [0, 0.05) is 24.4 Å². The predicted octanol–water partition coefficient (Wildman–Crippen LogP) is 3.04. The van der Waals surface area contributed by atoms with Crippen LogP contribution in [0.5, 0.6) is 0 Å². The van der Waals surface area contributed by atoms with Crippen molar-refractivity contribution in [1.29, 1.82) is 0 Å². The van der Waals surface area contributed by atoms with E-state index in [0.717, 1.165) is 18.4 Å². The maximum atomic E-state index is 12.2. The summed E-state index contributed by atoms with van der Waals surface area (Å²) in [7, 11) is 0. The molecule has 1 fully saturated rings. The molecule has 2 aromatic carbocycles. The molecule has 2 aromatic rings. The highest BCUT2D eigenvalue weighted by molar-refractivity contribution is 5.96. The standard InChI is InChI=1S/C20H22N2O3/c1-14-4-6-15(7-5-14)13-21-19(23)16-8-10-17(11-9-16)22-20(24)18-3-2-12-25-18/h4-11,18H,2-3,12-13H2,1H3,(H,21,23)(H,22,24)/t18-/m1/s1. The number of carbonyl (C=O) groups is 2. The van der Waals surface area contributed by atoms with E-state index < -0.39 is 0 Å². The highest BCUT2D eigenvalue weighted by Crippen LogP contribution is 2.16. The summed E-state index contributed by atoms with van der Waals surface area (Å²) < 4.78 is 5.35. The van der Waals surface area contributed by atoms with E-state index in [1.54, 1.807) is 24.3 Å². The number of benzene rings is 2. The molecule has 0 aliphatic carbocycles. The smallest absolute Gasteiger partial charge is 0.253 e. The Morgan fingerprint density at radius 2 is 1.80 bits per heavy atom. The van der Waals surface area contributed by atoms with Gasteiger partial charge in [0.05, 0.1) is 0 Å². The van der Waals surface area contributed by atoms with Gasteiger partial charge in [0.25, 0.3) is 11.8 Å². The first kappa shape index (κ1) is 17.2. The molecule has 1 saturated heterocycles. The molecule has 25 heavy (non-hydrogen) atoms. The van der Waals surface area contributed by atoms with Crippen LogP contribution in [0.3, 0.4) is 0 Å². The number of aryl methyl sites for hydroxylation is 1. The molecular weight excluding hydrogens is 316 g/mol. The topological polar surface area (TPSA) is 67.4 Å². The van der Waals surface area contributed by atoms with Crippen molar-refractivity contribution in [2.45, 2.75) is 32.4 Å². The maximum absolute atomic E-state index is 12.2. The van der Waals surface area contributed by atoms with Gasteiger partial charge in [0.2, 0.25) is 0 Å². The van der Waals surface area contributed by atoms with Crippen LogP contribution in [0.1, 0.15) is 34.3 Å². The van der Waals surface area contributed by atoms with Gasteiger partial charge in [-0.25, -0.2) is 0 Å². The number of amides is 2. The van der Waals surface area contributed by atoms with Gasteiger partial charge in [-0.1, -0.05) is 29.8 Å². The van der Waals surface area contributed by atoms with Crippen LogP contribution < -0.4 is 10.6 Å². The number of carbonyl (C=O) groups excluding carboxylic acids is 2. The van der Waals surface area contributed by atoms with Crippen molar-refractivity contribution in [3.63, 3.8) is 0 Å². The first-order valence-electron chi connectivity index (χ1n) is 8.48. The zero-order valence-corrected chi connectivity index (χ0v) is 14.2. The summed E-state index contributed by atoms with van der Waals surface area (Å²) in [5, 5.41) is 5.71. The summed E-state index contributed by atoms with van der Waals surface area (Å²) in [5.41, 5.74) is 3.47. The molecule has 0 aromatic heterocycles. The molecule has 3 rings (SSSR count). The van der Waals surface area contributed by atoms with Crippen molar-refractivity contribution in [2.75, 3.05) is 11.9 Å². The number of hydrogen-bond acceptors (Lipinski definition) is 3. The summed E-state index contributed by atoms with van der Waals surface area (Å²) >= 11 is 0. The zero-order valence-electron chi connectivity index (χ0n) is 14.2. The molecule has 1 aliphatic rings. The average Bonchev–Trinajstić information content (AvgIpc) is 3.16. The normalized spacial score (nSPS) is 16.4. The lowest BCUT2D eigenvalue weighted by Crippen LogP contribution is -2.27. The van der Waals surface area contributed by atoms with Crippen molar-refractivity contribution < 1.29 is 14.3 Å². The van der Waals surface area contributed by atoms with E-state index in [9.17, 15) is 9.59 Å². The van der Waals surface area contributed by atoms with Crippen molar-refractivity contribution in [3.8, 4) is 0 Å². The van der Waals surface area contributed by atoms with Gasteiger partial charge in [-0.2, -0.15) is 0 Å². The molecular formula is C20H22N2O3. The average molecular weight is 338 g/mol. The summed E-state index contributed by atoms with van der Waals surface area (Å²) in [6.07, 6.45) is 1.31. The molecule has 1 heterocycles. The van der Waals surface area contributed by atoms with Crippen molar-refractivity contribution in [3.05, 3.63) is 65.2 Å². The molecule has 5 heteroatoms. The molecule has 0 spiro atoms. The second-order valence-corrected chi connectivity index (χ2v) is 6.24. The molecule has 0 unspecified atom stereocenters. The minimum atomic E-state index is -0.363. The van der Waals surface area contributed by atoms with Gasteiger partial charge in [-0.15, -0.1) is 0 Å². The third-order valence-electron chi connectivity index (χ3n) is 4.21. The lowest BCUT2D eigenvalue weighted by atomic mass is 10.1. The van der Waals surface area contributed by atoms with Gasteiger partial charge >= 0.3 is 0 Å². The van der Waals surface area contributed by atoms with Gasteiger partial charge in [-0.3, -0.25) is 9.59 Å². The van der Waals surface area contributed by atoms with Crippen LogP contribution in [0, 0.1) is 6.92 Å². The summed E-state index contributed by atoms with van der Waals surface area (Å²) in [6, 6.07) is 14.9. The monoisotopic (exact) mass is 338 g/mol. The Balaban J connectivity index is 1.53. The number of rotatable bonds is 5. The number of nitrogens with one attached hydrogen (secondary N) is 2. The molecule has 5 nitrogen and oxygen atoms in total. The Morgan fingerprint density at radius 1 is 1.08 bits per heavy atom. The number of ether oxygens (including phenoxy) is 1. The van der Waals surface area contributed by atoms with E-state index in [2.05, 4.69) is 10.6 Å². The molecule has 130 valence electrons. The van der Waals surface area contributed by atoms with Crippen LogP contribution in [-0.2, 0) is 16.1 Å². The third-order valence-corrected chi connectivity index (χ3v) is 4.21. The van der Waals surface area contributed by atoms with Crippen molar-refractivity contribution in [1.82, 2.24) is 5.32 Å². The Morgan fingerprint density at radius 3 is 2.44 bits per heavy atom. The quantitative estimate of drug-likeness (QED) is 0.880. The van der Waals surface area contributed by atoms with Crippen LogP contribution in [0.15, 0.2) is 48.5 Å². The van der Waals surface area contributed by atoms with Gasteiger partial charge in [-0.05, 0) is 49.6 Å². The number of anilines is 1. The first-order chi connectivity index (χ1) is 12.1. The highest BCUT2D eigenvalue weighted by atomic mass is 16.5. The van der Waals surface area contributed by atoms with Gasteiger partial charge < -0.3 is 15.4 Å². The Kier molecular flexibility index (Phi) is 5.46. The van der Waals surface area contributed by atoms with Crippen molar-refractivity contribution in [2.24, 2.45) is 0 Å². The minimum Gasteiger partial charge on any atom is -0.368 e. The molecule has 2 amide bonds. The van der Waals surface area contributed by atoms with E-state index >= 15 is 0 Å². The zero-order chi connectivity index (χ0) is 17.6. The van der Waals surface area contributed by atoms with Crippen LogP contribution in [0.2, 0.25) is 0 Å². The van der Waals surface area contributed by atoms with E-state index in [1.807, 2.05) is 31.2 Å². The summed E-state index contributed by atoms with van der Waals surface area (Å²) in [6.45, 7) is 3.15.